The number of hydrogen-bond acceptors (Lipinski definition) is 5. The first kappa shape index (κ1) is 13.7. The van der Waals surface area contributed by atoms with Gasteiger partial charge in [0, 0.05) is 12.1 Å². The topological polar surface area (TPSA) is 29.0 Å². The van der Waals surface area contributed by atoms with E-state index in [0.717, 1.165) is 21.9 Å². The average molecular weight is 317 g/mol. The summed E-state index contributed by atoms with van der Waals surface area (Å²) in [4.78, 5) is 2.68. The Hall–Kier alpha value is -0.910. The zero-order valence-electron chi connectivity index (χ0n) is 12.2. The quantitative estimate of drug-likeness (QED) is 0.782. The number of thioether (sulfide) groups is 1. The third-order valence-corrected chi connectivity index (χ3v) is 6.34. The molecule has 1 aromatic carbocycles. The Morgan fingerprint density at radius 2 is 2.10 bits per heavy atom. The van der Waals surface area contributed by atoms with Gasteiger partial charge in [-0.3, -0.25) is 4.90 Å². The Balaban J connectivity index is 1.58. The van der Waals surface area contributed by atoms with Crippen molar-refractivity contribution in [3.05, 3.63) is 40.4 Å². The zero-order chi connectivity index (χ0) is 14.2. The van der Waals surface area contributed by atoms with Gasteiger partial charge in [-0.05, 0) is 43.1 Å². The van der Waals surface area contributed by atoms with Gasteiger partial charge >= 0.3 is 0 Å². The molecule has 2 aliphatic carbocycles. The van der Waals surface area contributed by atoms with Crippen LogP contribution in [0.4, 0.5) is 0 Å². The molecule has 3 nitrogen and oxygen atoms in total. The van der Waals surface area contributed by atoms with Crippen LogP contribution < -0.4 is 0 Å². The monoisotopic (exact) mass is 317 g/mol. The van der Waals surface area contributed by atoms with E-state index in [1.54, 1.807) is 28.7 Å². The normalized spacial score (nSPS) is 21.0. The van der Waals surface area contributed by atoms with E-state index in [1.807, 2.05) is 0 Å². The molecule has 110 valence electrons. The lowest BCUT2D eigenvalue weighted by atomic mass is 10.1. The van der Waals surface area contributed by atoms with Crippen molar-refractivity contribution in [3.8, 4) is 0 Å². The molecule has 0 spiro atoms. The molecule has 1 aromatic heterocycles. The van der Waals surface area contributed by atoms with Gasteiger partial charge in [0.2, 0.25) is 0 Å². The van der Waals surface area contributed by atoms with E-state index in [-0.39, 0.29) is 0 Å². The molecular weight excluding hydrogens is 298 g/mol. The maximum absolute atomic E-state index is 4.37. The lowest BCUT2D eigenvalue weighted by Crippen LogP contribution is -2.29. The molecule has 0 amide bonds. The van der Waals surface area contributed by atoms with Gasteiger partial charge in [-0.1, -0.05) is 47.4 Å². The summed E-state index contributed by atoms with van der Waals surface area (Å²) in [7, 11) is 0. The second kappa shape index (κ2) is 5.71. The first-order valence-corrected chi connectivity index (χ1v) is 9.59. The van der Waals surface area contributed by atoms with Crippen LogP contribution in [0.15, 0.2) is 28.6 Å². The Morgan fingerprint density at radius 1 is 1.24 bits per heavy atom. The smallest absolute Gasteiger partial charge is 0.174 e. The molecule has 1 saturated carbocycles. The minimum Gasteiger partial charge on any atom is -0.287 e. The van der Waals surface area contributed by atoms with E-state index < -0.39 is 0 Å². The first-order chi connectivity index (χ1) is 10.3. The number of benzene rings is 1. The Labute approximate surface area is 133 Å². The van der Waals surface area contributed by atoms with Crippen molar-refractivity contribution in [1.82, 2.24) is 15.1 Å². The Bertz CT molecular complexity index is 636. The van der Waals surface area contributed by atoms with E-state index >= 15 is 0 Å². The molecular formula is C16H19N3S2. The summed E-state index contributed by atoms with van der Waals surface area (Å²) in [5.41, 5.74) is 3.08. The van der Waals surface area contributed by atoms with E-state index in [4.69, 9.17) is 0 Å². The molecule has 0 radical (unpaired) electrons. The lowest BCUT2D eigenvalue weighted by molar-refractivity contribution is 0.176. The van der Waals surface area contributed by atoms with Crippen LogP contribution in [0.1, 0.15) is 41.4 Å². The van der Waals surface area contributed by atoms with Crippen LogP contribution in [0.2, 0.25) is 0 Å². The second-order valence-electron chi connectivity index (χ2n) is 5.82. The molecule has 0 unspecified atom stereocenters. The predicted molar refractivity (Wildman–Crippen MR) is 87.8 cm³/mol. The van der Waals surface area contributed by atoms with Crippen molar-refractivity contribution in [2.24, 2.45) is 0 Å². The molecule has 21 heavy (non-hydrogen) atoms. The summed E-state index contributed by atoms with van der Waals surface area (Å²) in [6.07, 6.45) is 7.22. The number of fused-ring (bicyclic) bond motifs is 1. The van der Waals surface area contributed by atoms with E-state index in [2.05, 4.69) is 45.6 Å². The molecule has 5 heteroatoms. The Kier molecular flexibility index (Phi) is 3.73. The minimum atomic E-state index is 0.579. The summed E-state index contributed by atoms with van der Waals surface area (Å²) < 4.78 is 1.08. The molecule has 2 aliphatic rings. The number of aryl methyl sites for hydroxylation is 1. The van der Waals surface area contributed by atoms with Gasteiger partial charge in [-0.2, -0.15) is 0 Å². The van der Waals surface area contributed by atoms with Crippen molar-refractivity contribution >= 4 is 23.1 Å². The molecule has 2 aromatic rings. The van der Waals surface area contributed by atoms with Gasteiger partial charge < -0.3 is 0 Å². The highest BCUT2D eigenvalue weighted by atomic mass is 32.2. The van der Waals surface area contributed by atoms with Crippen LogP contribution in [0.25, 0.3) is 0 Å². The summed E-state index contributed by atoms with van der Waals surface area (Å²) in [6.45, 7) is 0.960. The summed E-state index contributed by atoms with van der Waals surface area (Å²) in [6, 6.07) is 10.3. The third-order valence-electron chi connectivity index (χ3n) is 4.46. The fourth-order valence-electron chi connectivity index (χ4n) is 3.32. The van der Waals surface area contributed by atoms with Crippen LogP contribution >= 0.6 is 23.1 Å². The summed E-state index contributed by atoms with van der Waals surface area (Å²) >= 11 is 3.43. The standard InChI is InChI=1S/C16H19N3S2/c1-20-16-18-17-15(21-16)10-19(12-7-8-12)14-9-6-11-4-2-3-5-13(11)14/h2-5,12,14H,6-10H2,1H3/t14-/m1/s1. The molecule has 1 heterocycles. The van der Waals surface area contributed by atoms with E-state index in [9.17, 15) is 0 Å². The fraction of sp³-hybridized carbons (Fsp3) is 0.500. The molecule has 1 fully saturated rings. The van der Waals surface area contributed by atoms with Crippen molar-refractivity contribution in [3.63, 3.8) is 0 Å². The maximum atomic E-state index is 4.37. The third kappa shape index (κ3) is 2.74. The van der Waals surface area contributed by atoms with Gasteiger partial charge in [0.1, 0.15) is 5.01 Å². The number of hydrogen-bond donors (Lipinski definition) is 0. The van der Waals surface area contributed by atoms with Crippen LogP contribution in [0.3, 0.4) is 0 Å². The first-order valence-electron chi connectivity index (χ1n) is 7.55. The highest BCUT2D eigenvalue weighted by Gasteiger charge is 2.37. The molecule has 1 atom stereocenters. The van der Waals surface area contributed by atoms with E-state index in [1.165, 1.54) is 31.2 Å². The summed E-state index contributed by atoms with van der Waals surface area (Å²) in [5.74, 6) is 0. The maximum Gasteiger partial charge on any atom is 0.174 e. The van der Waals surface area contributed by atoms with Crippen LogP contribution in [0.5, 0.6) is 0 Å². The van der Waals surface area contributed by atoms with Gasteiger partial charge in [-0.25, -0.2) is 0 Å². The van der Waals surface area contributed by atoms with Gasteiger partial charge in [-0.15, -0.1) is 10.2 Å². The van der Waals surface area contributed by atoms with Crippen molar-refractivity contribution in [1.29, 1.82) is 0 Å². The second-order valence-corrected chi connectivity index (χ2v) is 7.94. The molecule has 0 aliphatic heterocycles. The SMILES string of the molecule is CSc1nnc(CN(C2CC2)[C@@H]2CCc3ccccc32)s1. The number of rotatable bonds is 5. The highest BCUT2D eigenvalue weighted by molar-refractivity contribution is 8.00. The van der Waals surface area contributed by atoms with Gasteiger partial charge in [0.25, 0.3) is 0 Å². The average Bonchev–Trinajstić information content (AvgIpc) is 3.11. The molecule has 0 N–H and O–H groups in total. The van der Waals surface area contributed by atoms with Crippen molar-refractivity contribution < 1.29 is 0 Å². The lowest BCUT2D eigenvalue weighted by Gasteiger charge is -2.28. The summed E-state index contributed by atoms with van der Waals surface area (Å²) in [5, 5.41) is 9.78. The minimum absolute atomic E-state index is 0.579. The van der Waals surface area contributed by atoms with Crippen molar-refractivity contribution in [2.75, 3.05) is 6.26 Å². The largest absolute Gasteiger partial charge is 0.287 e. The number of nitrogens with zero attached hydrogens (tertiary/aromatic N) is 3. The molecule has 0 saturated heterocycles. The highest BCUT2D eigenvalue weighted by Crippen LogP contribution is 2.42. The molecule has 0 bridgehead atoms. The van der Waals surface area contributed by atoms with Gasteiger partial charge in [0.15, 0.2) is 4.34 Å². The van der Waals surface area contributed by atoms with Crippen LogP contribution in [0, 0.1) is 0 Å². The zero-order valence-corrected chi connectivity index (χ0v) is 13.8. The van der Waals surface area contributed by atoms with Crippen LogP contribution in [-0.2, 0) is 13.0 Å². The van der Waals surface area contributed by atoms with Crippen molar-refractivity contribution in [2.45, 2.75) is 48.7 Å². The van der Waals surface area contributed by atoms with Crippen LogP contribution in [-0.4, -0.2) is 27.4 Å². The number of aromatic nitrogens is 2. The van der Waals surface area contributed by atoms with Gasteiger partial charge in [0.05, 0.1) is 6.54 Å². The molecule has 4 rings (SSSR count). The fourth-order valence-corrected chi connectivity index (χ4v) is 4.64. The van der Waals surface area contributed by atoms with E-state index in [0.29, 0.717) is 6.04 Å². The predicted octanol–water partition coefficient (Wildman–Crippen LogP) is 3.91. The Morgan fingerprint density at radius 3 is 2.86 bits per heavy atom.